The van der Waals surface area contributed by atoms with Crippen LogP contribution < -0.4 is 0 Å². The van der Waals surface area contributed by atoms with Crippen LogP contribution in [0.25, 0.3) is 5.69 Å². The van der Waals surface area contributed by atoms with E-state index in [1.165, 1.54) is 11.8 Å². The number of hydrogen-bond acceptors (Lipinski definition) is 6. The molecule has 0 N–H and O–H groups in total. The summed E-state index contributed by atoms with van der Waals surface area (Å²) in [5.74, 6) is -0.0677. The maximum absolute atomic E-state index is 12.9. The Bertz CT molecular complexity index is 875. The summed E-state index contributed by atoms with van der Waals surface area (Å²) in [4.78, 5) is 15.2. The average molecular weight is 351 g/mol. The van der Waals surface area contributed by atoms with Gasteiger partial charge in [0.2, 0.25) is 10.9 Å². The van der Waals surface area contributed by atoms with Gasteiger partial charge in [-0.25, -0.2) is 0 Å². The second-order valence-corrected chi connectivity index (χ2v) is 6.47. The van der Waals surface area contributed by atoms with Gasteiger partial charge in [-0.3, -0.25) is 4.79 Å². The Kier molecular flexibility index (Phi) is 5.25. The summed E-state index contributed by atoms with van der Waals surface area (Å²) in [6, 6.07) is 18.8. The molecule has 0 spiro atoms. The lowest BCUT2D eigenvalue weighted by Gasteiger charge is -2.11. The molecule has 3 rings (SSSR count). The quantitative estimate of drug-likeness (QED) is 0.386. The first-order valence-corrected chi connectivity index (χ1v) is 8.46. The Hall–Kier alpha value is -2.93. The van der Waals surface area contributed by atoms with Crippen molar-refractivity contribution >= 4 is 17.5 Å². The smallest absolute Gasteiger partial charge is 0.219 e. The summed E-state index contributed by atoms with van der Waals surface area (Å²) in [6.07, 6.45) is 1.78. The zero-order valence-electron chi connectivity index (χ0n) is 13.9. The highest BCUT2D eigenvalue weighted by Gasteiger charge is 2.18. The molecule has 3 aromatic rings. The van der Waals surface area contributed by atoms with Crippen molar-refractivity contribution in [2.75, 3.05) is 14.1 Å². The average Bonchev–Trinajstić information content (AvgIpc) is 3.10. The SMILES string of the molecule is CN(C)/C=C(/Sc1nnnn1-c1ccccc1)C(=O)c1ccccc1. The highest BCUT2D eigenvalue weighted by molar-refractivity contribution is 8.03. The molecular weight excluding hydrogens is 334 g/mol. The van der Waals surface area contributed by atoms with E-state index in [2.05, 4.69) is 15.5 Å². The van der Waals surface area contributed by atoms with Crippen molar-refractivity contribution in [3.63, 3.8) is 0 Å². The van der Waals surface area contributed by atoms with E-state index in [0.717, 1.165) is 5.69 Å². The Morgan fingerprint density at radius 3 is 2.32 bits per heavy atom. The number of rotatable bonds is 6. The molecule has 0 amide bonds. The minimum Gasteiger partial charge on any atom is -0.382 e. The third-order valence-corrected chi connectivity index (χ3v) is 4.23. The fourth-order valence-electron chi connectivity index (χ4n) is 2.17. The molecule has 0 saturated heterocycles. The molecule has 0 aliphatic carbocycles. The van der Waals surface area contributed by atoms with Crippen LogP contribution in [0.4, 0.5) is 0 Å². The molecule has 0 saturated carbocycles. The van der Waals surface area contributed by atoms with Crippen LogP contribution in [-0.2, 0) is 0 Å². The molecule has 0 atom stereocenters. The Balaban J connectivity index is 1.93. The van der Waals surface area contributed by atoms with E-state index in [0.29, 0.717) is 15.6 Å². The maximum Gasteiger partial charge on any atom is 0.219 e. The van der Waals surface area contributed by atoms with Gasteiger partial charge in [0.25, 0.3) is 0 Å². The molecule has 1 aromatic heterocycles. The van der Waals surface area contributed by atoms with E-state index >= 15 is 0 Å². The first kappa shape index (κ1) is 16.9. The molecule has 6 nitrogen and oxygen atoms in total. The Labute approximate surface area is 150 Å². The lowest BCUT2D eigenvalue weighted by Crippen LogP contribution is -2.09. The predicted octanol–water partition coefficient (Wildman–Crippen LogP) is 3.04. The van der Waals surface area contributed by atoms with Gasteiger partial charge in [-0.05, 0) is 34.3 Å². The van der Waals surface area contributed by atoms with Crippen molar-refractivity contribution in [2.45, 2.75) is 5.16 Å². The number of carbonyl (C=O) groups excluding carboxylic acids is 1. The standard InChI is InChI=1S/C18H17N5OS/c1-22(2)13-16(17(24)14-9-5-3-6-10-14)25-18-19-20-21-23(18)15-11-7-4-8-12-15/h3-13H,1-2H3/b16-13+. The fourth-order valence-corrected chi connectivity index (χ4v) is 3.15. The van der Waals surface area contributed by atoms with Gasteiger partial charge in [-0.1, -0.05) is 48.5 Å². The van der Waals surface area contributed by atoms with E-state index in [4.69, 9.17) is 0 Å². The van der Waals surface area contributed by atoms with E-state index in [9.17, 15) is 4.79 Å². The fraction of sp³-hybridized carbons (Fsp3) is 0.111. The molecule has 0 bridgehead atoms. The van der Waals surface area contributed by atoms with Crippen molar-refractivity contribution in [1.82, 2.24) is 25.1 Å². The molecule has 7 heteroatoms. The molecule has 0 unspecified atom stereocenters. The van der Waals surface area contributed by atoms with Crippen LogP contribution in [0.2, 0.25) is 0 Å². The molecule has 25 heavy (non-hydrogen) atoms. The summed E-state index contributed by atoms with van der Waals surface area (Å²) >= 11 is 1.24. The lowest BCUT2D eigenvalue weighted by molar-refractivity contribution is 0.104. The molecule has 2 aromatic carbocycles. The molecule has 126 valence electrons. The third-order valence-electron chi connectivity index (χ3n) is 3.28. The monoisotopic (exact) mass is 351 g/mol. The number of benzene rings is 2. The number of tetrazole rings is 1. The number of Topliss-reactive ketones (excluding diaryl/α,β-unsaturated/α-hetero) is 1. The number of para-hydroxylation sites is 1. The molecular formula is C18H17N5OS. The molecule has 0 fully saturated rings. The number of ketones is 1. The summed E-state index contributed by atoms with van der Waals surface area (Å²) in [5, 5.41) is 12.4. The summed E-state index contributed by atoms with van der Waals surface area (Å²) in [7, 11) is 3.75. The highest BCUT2D eigenvalue weighted by Crippen LogP contribution is 2.28. The highest BCUT2D eigenvalue weighted by atomic mass is 32.2. The van der Waals surface area contributed by atoms with Crippen LogP contribution in [0.3, 0.4) is 0 Å². The van der Waals surface area contributed by atoms with Gasteiger partial charge >= 0.3 is 0 Å². The number of nitrogens with zero attached hydrogens (tertiary/aromatic N) is 5. The topological polar surface area (TPSA) is 63.9 Å². The minimum absolute atomic E-state index is 0.0677. The van der Waals surface area contributed by atoms with Crippen LogP contribution in [0, 0.1) is 0 Å². The summed E-state index contributed by atoms with van der Waals surface area (Å²) < 4.78 is 1.62. The van der Waals surface area contributed by atoms with Gasteiger partial charge < -0.3 is 4.90 Å². The second kappa shape index (κ2) is 7.76. The van der Waals surface area contributed by atoms with Crippen molar-refractivity contribution in [2.24, 2.45) is 0 Å². The normalized spacial score (nSPS) is 11.4. The summed E-state index contributed by atoms with van der Waals surface area (Å²) in [6.45, 7) is 0. The van der Waals surface area contributed by atoms with Gasteiger partial charge in [0, 0.05) is 25.9 Å². The van der Waals surface area contributed by atoms with Gasteiger partial charge in [0.15, 0.2) is 0 Å². The number of aromatic nitrogens is 4. The van der Waals surface area contributed by atoms with E-state index in [1.54, 1.807) is 23.0 Å². The van der Waals surface area contributed by atoms with Crippen molar-refractivity contribution in [1.29, 1.82) is 0 Å². The van der Waals surface area contributed by atoms with Crippen molar-refractivity contribution in [3.8, 4) is 5.69 Å². The zero-order chi connectivity index (χ0) is 17.6. The second-order valence-electron chi connectivity index (χ2n) is 5.46. The van der Waals surface area contributed by atoms with Gasteiger partial charge in [-0.2, -0.15) is 4.68 Å². The van der Waals surface area contributed by atoms with E-state index < -0.39 is 0 Å². The van der Waals surface area contributed by atoms with Crippen molar-refractivity contribution in [3.05, 3.63) is 77.3 Å². The number of hydrogen-bond donors (Lipinski definition) is 0. The van der Waals surface area contributed by atoms with Crippen LogP contribution in [0.1, 0.15) is 10.4 Å². The third kappa shape index (κ3) is 4.13. The summed E-state index contributed by atoms with van der Waals surface area (Å²) in [5.41, 5.74) is 1.47. The van der Waals surface area contributed by atoms with Crippen molar-refractivity contribution < 1.29 is 4.79 Å². The van der Waals surface area contributed by atoms with Crippen LogP contribution in [-0.4, -0.2) is 45.0 Å². The lowest BCUT2D eigenvalue weighted by atomic mass is 10.1. The Morgan fingerprint density at radius 1 is 1.04 bits per heavy atom. The number of thioether (sulfide) groups is 1. The number of carbonyl (C=O) groups is 1. The Morgan fingerprint density at radius 2 is 1.68 bits per heavy atom. The first-order chi connectivity index (χ1) is 12.1. The predicted molar refractivity (Wildman–Crippen MR) is 97.6 cm³/mol. The first-order valence-electron chi connectivity index (χ1n) is 7.65. The largest absolute Gasteiger partial charge is 0.382 e. The van der Waals surface area contributed by atoms with Crippen LogP contribution in [0.5, 0.6) is 0 Å². The minimum atomic E-state index is -0.0677. The van der Waals surface area contributed by atoms with E-state index in [-0.39, 0.29) is 5.78 Å². The molecule has 1 heterocycles. The molecule has 0 aliphatic heterocycles. The van der Waals surface area contributed by atoms with Gasteiger partial charge in [0.05, 0.1) is 10.6 Å². The van der Waals surface area contributed by atoms with Gasteiger partial charge in [0.1, 0.15) is 0 Å². The van der Waals surface area contributed by atoms with E-state index in [1.807, 2.05) is 67.5 Å². The number of allylic oxidation sites excluding steroid dienone is 1. The molecule has 0 aliphatic rings. The zero-order valence-corrected chi connectivity index (χ0v) is 14.7. The van der Waals surface area contributed by atoms with Gasteiger partial charge in [-0.15, -0.1) is 5.10 Å². The molecule has 0 radical (unpaired) electrons. The maximum atomic E-state index is 12.9. The van der Waals surface area contributed by atoms with Crippen LogP contribution >= 0.6 is 11.8 Å². The van der Waals surface area contributed by atoms with Crippen LogP contribution in [0.15, 0.2) is 76.9 Å².